The van der Waals surface area contributed by atoms with Crippen LogP contribution in [-0.4, -0.2) is 38.8 Å². The van der Waals surface area contributed by atoms with Crippen LogP contribution < -0.4 is 5.32 Å². The van der Waals surface area contributed by atoms with Gasteiger partial charge in [0.2, 0.25) is 11.8 Å². The van der Waals surface area contributed by atoms with E-state index in [2.05, 4.69) is 29.4 Å². The van der Waals surface area contributed by atoms with Crippen LogP contribution in [0.15, 0.2) is 33.9 Å². The van der Waals surface area contributed by atoms with Gasteiger partial charge < -0.3 is 14.6 Å². The molecule has 8 heteroatoms. The van der Waals surface area contributed by atoms with E-state index in [-0.39, 0.29) is 5.91 Å². The van der Waals surface area contributed by atoms with E-state index in [0.29, 0.717) is 40.5 Å². The lowest BCUT2D eigenvalue weighted by Gasteiger charge is -2.39. The average Bonchev–Trinajstić information content (AvgIpc) is 3.07. The Morgan fingerprint density at radius 1 is 1.27 bits per heavy atom. The third-order valence-corrected chi connectivity index (χ3v) is 5.59. The maximum absolute atomic E-state index is 12.5. The van der Waals surface area contributed by atoms with Crippen molar-refractivity contribution >= 4 is 35.0 Å². The lowest BCUT2D eigenvalue weighted by molar-refractivity contribution is -0.134. The minimum absolute atomic E-state index is 0.133. The monoisotopic (exact) mass is 394 g/mol. The lowest BCUT2D eigenvalue weighted by Crippen LogP contribution is -2.48. The third-order valence-electron chi connectivity index (χ3n) is 4.54. The Hall–Kier alpha value is -1.73. The van der Waals surface area contributed by atoms with Gasteiger partial charge in [-0.2, -0.15) is 0 Å². The van der Waals surface area contributed by atoms with Crippen molar-refractivity contribution in [3.8, 4) is 0 Å². The third kappa shape index (κ3) is 4.92. The summed E-state index contributed by atoms with van der Waals surface area (Å²) in [5.41, 5.74) is 0.921. The molecule has 2 aromatic rings. The zero-order valence-corrected chi connectivity index (χ0v) is 16.5. The standard InChI is InChI=1S/C18H23ClN4O2S/c1-12-4-3-5-13(2)23(12)17(24)11-26-18-22-21-16(25-18)10-20-15-8-6-14(19)7-9-15/h6-9,12-13,20H,3-5,10-11H2,1-2H3/t12-,13-/m1/s1. The second kappa shape index (κ2) is 8.77. The Bertz CT molecular complexity index is 727. The number of amides is 1. The van der Waals surface area contributed by atoms with E-state index in [4.69, 9.17) is 16.0 Å². The maximum Gasteiger partial charge on any atom is 0.277 e. The summed E-state index contributed by atoms with van der Waals surface area (Å²) in [6.45, 7) is 4.65. The van der Waals surface area contributed by atoms with Gasteiger partial charge >= 0.3 is 0 Å². The first-order valence-corrected chi connectivity index (χ1v) is 10.1. The van der Waals surface area contributed by atoms with Crippen LogP contribution in [0.3, 0.4) is 0 Å². The van der Waals surface area contributed by atoms with Crippen LogP contribution in [0.25, 0.3) is 0 Å². The van der Waals surface area contributed by atoms with Crippen LogP contribution in [0.4, 0.5) is 5.69 Å². The van der Waals surface area contributed by atoms with Crippen molar-refractivity contribution in [1.82, 2.24) is 15.1 Å². The molecule has 1 N–H and O–H groups in total. The van der Waals surface area contributed by atoms with Gasteiger partial charge in [0.15, 0.2) is 0 Å². The van der Waals surface area contributed by atoms with Gasteiger partial charge in [0, 0.05) is 22.8 Å². The Morgan fingerprint density at radius 3 is 2.65 bits per heavy atom. The number of carbonyl (C=O) groups excluding carboxylic acids is 1. The molecule has 26 heavy (non-hydrogen) atoms. The molecule has 0 unspecified atom stereocenters. The molecule has 1 fully saturated rings. The summed E-state index contributed by atoms with van der Waals surface area (Å²) in [7, 11) is 0. The van der Waals surface area contributed by atoms with Gasteiger partial charge in [-0.05, 0) is 57.4 Å². The molecule has 1 aromatic carbocycles. The number of thioether (sulfide) groups is 1. The zero-order chi connectivity index (χ0) is 18.5. The first-order chi connectivity index (χ1) is 12.5. The summed E-state index contributed by atoms with van der Waals surface area (Å²) in [6, 6.07) is 7.99. The highest BCUT2D eigenvalue weighted by molar-refractivity contribution is 7.99. The fourth-order valence-electron chi connectivity index (χ4n) is 3.22. The van der Waals surface area contributed by atoms with Gasteiger partial charge in [0.05, 0.1) is 12.3 Å². The van der Waals surface area contributed by atoms with E-state index < -0.39 is 0 Å². The molecule has 0 radical (unpaired) electrons. The predicted molar refractivity (Wildman–Crippen MR) is 103 cm³/mol. The number of nitrogens with zero attached hydrogens (tertiary/aromatic N) is 3. The Kier molecular flexibility index (Phi) is 6.43. The fourth-order valence-corrected chi connectivity index (χ4v) is 4.00. The summed E-state index contributed by atoms with van der Waals surface area (Å²) >= 11 is 7.16. The van der Waals surface area contributed by atoms with Gasteiger partial charge in [0.25, 0.3) is 5.22 Å². The molecule has 0 aliphatic carbocycles. The van der Waals surface area contributed by atoms with Crippen molar-refractivity contribution in [2.24, 2.45) is 0 Å². The van der Waals surface area contributed by atoms with Gasteiger partial charge in [-0.15, -0.1) is 10.2 Å². The van der Waals surface area contributed by atoms with Crippen LogP contribution in [0.1, 0.15) is 39.0 Å². The lowest BCUT2D eigenvalue weighted by atomic mass is 9.98. The normalized spacial score (nSPS) is 20.2. The molecule has 2 heterocycles. The topological polar surface area (TPSA) is 71.3 Å². The molecule has 3 rings (SSSR count). The number of halogens is 1. The fraction of sp³-hybridized carbons (Fsp3) is 0.500. The molecule has 0 saturated carbocycles. The number of nitrogens with one attached hydrogen (secondary N) is 1. The molecule has 1 aliphatic rings. The molecule has 0 bridgehead atoms. The summed E-state index contributed by atoms with van der Waals surface area (Å²) < 4.78 is 5.60. The smallest absolute Gasteiger partial charge is 0.277 e. The van der Waals surface area contributed by atoms with Gasteiger partial charge in [-0.1, -0.05) is 23.4 Å². The van der Waals surface area contributed by atoms with Gasteiger partial charge in [-0.3, -0.25) is 4.79 Å². The summed E-state index contributed by atoms with van der Waals surface area (Å²) in [6.07, 6.45) is 3.33. The van der Waals surface area contributed by atoms with Crippen LogP contribution in [0, 0.1) is 0 Å². The van der Waals surface area contributed by atoms with E-state index in [1.165, 1.54) is 18.2 Å². The molecule has 0 spiro atoms. The maximum atomic E-state index is 12.5. The zero-order valence-electron chi connectivity index (χ0n) is 14.9. The Labute approximate surface area is 162 Å². The second-order valence-electron chi connectivity index (χ2n) is 6.54. The molecular formula is C18H23ClN4O2S. The molecule has 6 nitrogen and oxygen atoms in total. The highest BCUT2D eigenvalue weighted by Crippen LogP contribution is 2.25. The number of likely N-dealkylation sites (tertiary alicyclic amines) is 1. The van der Waals surface area contributed by atoms with E-state index in [0.717, 1.165) is 18.5 Å². The molecule has 1 saturated heterocycles. The van der Waals surface area contributed by atoms with Crippen molar-refractivity contribution in [3.63, 3.8) is 0 Å². The van der Waals surface area contributed by atoms with E-state index in [9.17, 15) is 4.79 Å². The minimum Gasteiger partial charge on any atom is -0.414 e. The van der Waals surface area contributed by atoms with Crippen molar-refractivity contribution in [3.05, 3.63) is 35.2 Å². The number of benzene rings is 1. The highest BCUT2D eigenvalue weighted by atomic mass is 35.5. The number of aromatic nitrogens is 2. The Balaban J connectivity index is 1.48. The number of anilines is 1. The van der Waals surface area contributed by atoms with Crippen molar-refractivity contribution in [1.29, 1.82) is 0 Å². The number of rotatable bonds is 6. The van der Waals surface area contributed by atoms with E-state index >= 15 is 0 Å². The average molecular weight is 395 g/mol. The predicted octanol–water partition coefficient (Wildman–Crippen LogP) is 4.22. The Morgan fingerprint density at radius 2 is 1.96 bits per heavy atom. The highest BCUT2D eigenvalue weighted by Gasteiger charge is 2.29. The van der Waals surface area contributed by atoms with Crippen molar-refractivity contribution in [2.45, 2.75) is 57.0 Å². The summed E-state index contributed by atoms with van der Waals surface area (Å²) in [5, 5.41) is 12.3. The van der Waals surface area contributed by atoms with Crippen molar-refractivity contribution < 1.29 is 9.21 Å². The van der Waals surface area contributed by atoms with Gasteiger partial charge in [-0.25, -0.2) is 0 Å². The molecular weight excluding hydrogens is 372 g/mol. The van der Waals surface area contributed by atoms with E-state index in [1.54, 1.807) is 0 Å². The van der Waals surface area contributed by atoms with Crippen LogP contribution in [-0.2, 0) is 11.3 Å². The quantitative estimate of drug-likeness (QED) is 0.739. The number of piperidine rings is 1. The molecule has 140 valence electrons. The second-order valence-corrected chi connectivity index (χ2v) is 7.90. The number of hydrogen-bond donors (Lipinski definition) is 1. The van der Waals surface area contributed by atoms with Crippen LogP contribution in [0.2, 0.25) is 5.02 Å². The summed E-state index contributed by atoms with van der Waals surface area (Å²) in [4.78, 5) is 14.5. The number of hydrogen-bond acceptors (Lipinski definition) is 6. The molecule has 1 aromatic heterocycles. The SMILES string of the molecule is C[C@@H]1CCC[C@@H](C)N1C(=O)CSc1nnc(CNc2ccc(Cl)cc2)o1. The summed E-state index contributed by atoms with van der Waals surface area (Å²) in [5.74, 6) is 0.935. The van der Waals surface area contributed by atoms with E-state index in [1.807, 2.05) is 29.2 Å². The van der Waals surface area contributed by atoms with Gasteiger partial charge in [0.1, 0.15) is 0 Å². The minimum atomic E-state index is 0.133. The first-order valence-electron chi connectivity index (χ1n) is 8.78. The van der Waals surface area contributed by atoms with Crippen LogP contribution >= 0.6 is 23.4 Å². The first kappa shape index (κ1) is 19.0. The largest absolute Gasteiger partial charge is 0.414 e. The van der Waals surface area contributed by atoms with Crippen LogP contribution in [0.5, 0.6) is 0 Å². The molecule has 2 atom stereocenters. The molecule has 1 aliphatic heterocycles. The molecule has 1 amide bonds. The number of carbonyl (C=O) groups is 1. The van der Waals surface area contributed by atoms with Crippen molar-refractivity contribution in [2.75, 3.05) is 11.1 Å².